The van der Waals surface area contributed by atoms with Crippen molar-refractivity contribution >= 4 is 0 Å². The normalized spacial score (nSPS) is 10.7. The summed E-state index contributed by atoms with van der Waals surface area (Å²) in [5.41, 5.74) is 0. The smallest absolute Gasteiger partial charge is 0.0621 e. The Hall–Kier alpha value is -0.770. The van der Waals surface area contributed by atoms with Crippen LogP contribution in [-0.4, -0.2) is 0 Å². The van der Waals surface area contributed by atoms with Crippen LogP contribution in [0.4, 0.5) is 0 Å². The fraction of sp³-hybridized carbons (Fsp3) is 0.786. The largest absolute Gasteiger partial charge is 0.198 e. The molecule has 0 fully saturated rings. The first-order chi connectivity index (χ1) is 7.41. The van der Waals surface area contributed by atoms with Gasteiger partial charge in [0.2, 0.25) is 0 Å². The van der Waals surface area contributed by atoms with Crippen molar-refractivity contribution in [1.29, 1.82) is 5.26 Å². The number of rotatable bonds is 10. The maximum Gasteiger partial charge on any atom is 0.0621 e. The molecule has 0 saturated heterocycles. The number of allylic oxidation sites excluding steroid dienone is 2. The Morgan fingerprint density at radius 3 is 2.07 bits per heavy atom. The predicted octanol–water partition coefficient (Wildman–Crippen LogP) is 4.99. The van der Waals surface area contributed by atoms with E-state index in [4.69, 9.17) is 5.26 Å². The van der Waals surface area contributed by atoms with Crippen LogP contribution in [0.25, 0.3) is 0 Å². The van der Waals surface area contributed by atoms with Gasteiger partial charge >= 0.3 is 0 Å². The van der Waals surface area contributed by atoms with Gasteiger partial charge in [-0.3, -0.25) is 0 Å². The monoisotopic (exact) mass is 207 g/mol. The van der Waals surface area contributed by atoms with Crippen molar-refractivity contribution in [1.82, 2.24) is 0 Å². The van der Waals surface area contributed by atoms with E-state index in [-0.39, 0.29) is 0 Å². The maximum absolute atomic E-state index is 8.34. The van der Waals surface area contributed by atoms with Crippen molar-refractivity contribution in [2.45, 2.75) is 71.1 Å². The molecular weight excluding hydrogens is 182 g/mol. The van der Waals surface area contributed by atoms with Gasteiger partial charge in [-0.2, -0.15) is 5.26 Å². The second kappa shape index (κ2) is 13.2. The lowest BCUT2D eigenvalue weighted by Gasteiger charge is -1.96. The van der Waals surface area contributed by atoms with Crippen LogP contribution < -0.4 is 0 Å². The highest BCUT2D eigenvalue weighted by Crippen LogP contribution is 2.06. The third-order valence-electron chi connectivity index (χ3n) is 2.55. The minimum atomic E-state index is 0.713. The molecule has 0 aromatic rings. The SMILES string of the molecule is CCCCCCC/C=C/CCCCC#N. The second-order valence-corrected chi connectivity index (χ2v) is 4.08. The highest BCUT2D eigenvalue weighted by Gasteiger charge is 1.87. The molecule has 0 bridgehead atoms. The molecule has 0 radical (unpaired) electrons. The zero-order valence-electron chi connectivity index (χ0n) is 10.2. The molecule has 1 heteroatoms. The molecule has 86 valence electrons. The zero-order valence-corrected chi connectivity index (χ0v) is 10.2. The molecular formula is C14H25N. The molecule has 15 heavy (non-hydrogen) atoms. The van der Waals surface area contributed by atoms with E-state index in [0.717, 1.165) is 12.8 Å². The maximum atomic E-state index is 8.34. The zero-order chi connectivity index (χ0) is 11.2. The lowest BCUT2D eigenvalue weighted by Crippen LogP contribution is -1.76. The number of nitriles is 1. The first-order valence-corrected chi connectivity index (χ1v) is 6.43. The number of hydrogen-bond acceptors (Lipinski definition) is 1. The molecule has 0 aliphatic rings. The molecule has 0 N–H and O–H groups in total. The van der Waals surface area contributed by atoms with E-state index < -0.39 is 0 Å². The predicted molar refractivity (Wildman–Crippen MR) is 66.6 cm³/mol. The van der Waals surface area contributed by atoms with E-state index in [9.17, 15) is 0 Å². The minimum absolute atomic E-state index is 0.713. The van der Waals surface area contributed by atoms with Crippen molar-refractivity contribution < 1.29 is 0 Å². The Labute approximate surface area is 95.2 Å². The van der Waals surface area contributed by atoms with Gasteiger partial charge in [0, 0.05) is 6.42 Å². The fourth-order valence-corrected chi connectivity index (χ4v) is 1.57. The average Bonchev–Trinajstić information content (AvgIpc) is 2.26. The van der Waals surface area contributed by atoms with E-state index in [2.05, 4.69) is 25.1 Å². The van der Waals surface area contributed by atoms with Crippen molar-refractivity contribution in [3.63, 3.8) is 0 Å². The molecule has 0 atom stereocenters. The summed E-state index contributed by atoms with van der Waals surface area (Å²) < 4.78 is 0. The highest BCUT2D eigenvalue weighted by atomic mass is 14.2. The molecule has 0 aromatic carbocycles. The summed E-state index contributed by atoms with van der Waals surface area (Å²) in [6.07, 6.45) is 16.7. The van der Waals surface area contributed by atoms with Crippen LogP contribution in [0.5, 0.6) is 0 Å². The van der Waals surface area contributed by atoms with E-state index >= 15 is 0 Å². The van der Waals surface area contributed by atoms with Crippen molar-refractivity contribution in [2.24, 2.45) is 0 Å². The van der Waals surface area contributed by atoms with Gasteiger partial charge in [0.05, 0.1) is 6.07 Å². The summed E-state index contributed by atoms with van der Waals surface area (Å²) in [6, 6.07) is 2.17. The molecule has 0 aliphatic heterocycles. The van der Waals surface area contributed by atoms with Crippen LogP contribution in [0, 0.1) is 11.3 Å². The summed E-state index contributed by atoms with van der Waals surface area (Å²) >= 11 is 0. The summed E-state index contributed by atoms with van der Waals surface area (Å²) in [5, 5.41) is 8.34. The molecule has 0 aliphatic carbocycles. The first kappa shape index (κ1) is 14.2. The van der Waals surface area contributed by atoms with Crippen molar-refractivity contribution in [2.75, 3.05) is 0 Å². The Morgan fingerprint density at radius 1 is 0.867 bits per heavy atom. The summed E-state index contributed by atoms with van der Waals surface area (Å²) in [5.74, 6) is 0. The lowest BCUT2D eigenvalue weighted by atomic mass is 10.1. The highest BCUT2D eigenvalue weighted by molar-refractivity contribution is 4.81. The Morgan fingerprint density at radius 2 is 1.47 bits per heavy atom. The van der Waals surface area contributed by atoms with Crippen molar-refractivity contribution in [3.8, 4) is 6.07 Å². The van der Waals surface area contributed by atoms with Crippen LogP contribution >= 0.6 is 0 Å². The number of nitrogens with zero attached hydrogens (tertiary/aromatic N) is 1. The van der Waals surface area contributed by atoms with Gasteiger partial charge in [0.25, 0.3) is 0 Å². The Bertz CT molecular complexity index is 176. The minimum Gasteiger partial charge on any atom is -0.198 e. The summed E-state index contributed by atoms with van der Waals surface area (Å²) in [6.45, 7) is 2.25. The van der Waals surface area contributed by atoms with Gasteiger partial charge in [-0.1, -0.05) is 44.8 Å². The fourth-order valence-electron chi connectivity index (χ4n) is 1.57. The lowest BCUT2D eigenvalue weighted by molar-refractivity contribution is 0.636. The molecule has 0 rings (SSSR count). The topological polar surface area (TPSA) is 23.8 Å². The van der Waals surface area contributed by atoms with Crippen molar-refractivity contribution in [3.05, 3.63) is 12.2 Å². The molecule has 1 nitrogen and oxygen atoms in total. The van der Waals surface area contributed by atoms with Gasteiger partial charge < -0.3 is 0 Å². The summed E-state index contributed by atoms with van der Waals surface area (Å²) in [4.78, 5) is 0. The van der Waals surface area contributed by atoms with Crippen LogP contribution in [0.3, 0.4) is 0 Å². The van der Waals surface area contributed by atoms with Gasteiger partial charge in [-0.15, -0.1) is 0 Å². The molecule has 0 heterocycles. The Kier molecular flexibility index (Phi) is 12.6. The van der Waals surface area contributed by atoms with Crippen LogP contribution in [-0.2, 0) is 0 Å². The summed E-state index contributed by atoms with van der Waals surface area (Å²) in [7, 11) is 0. The molecule has 0 aromatic heterocycles. The molecule has 0 saturated carbocycles. The van der Waals surface area contributed by atoms with E-state index in [0.29, 0.717) is 6.42 Å². The number of hydrogen-bond donors (Lipinski definition) is 0. The van der Waals surface area contributed by atoms with Gasteiger partial charge in [0.15, 0.2) is 0 Å². The molecule has 0 unspecified atom stereocenters. The van der Waals surface area contributed by atoms with Crippen LogP contribution in [0.2, 0.25) is 0 Å². The molecule has 0 spiro atoms. The van der Waals surface area contributed by atoms with Gasteiger partial charge in [-0.05, 0) is 32.1 Å². The average molecular weight is 207 g/mol. The van der Waals surface area contributed by atoms with E-state index in [1.165, 1.54) is 44.9 Å². The van der Waals surface area contributed by atoms with E-state index in [1.807, 2.05) is 0 Å². The first-order valence-electron chi connectivity index (χ1n) is 6.43. The standard InChI is InChI=1S/C14H25N/c1-2-3-4-5-6-7-8-9-10-11-12-13-14-15/h8-9H,2-7,10-13H2,1H3/b9-8+. The molecule has 0 amide bonds. The third kappa shape index (κ3) is 13.2. The van der Waals surface area contributed by atoms with E-state index in [1.54, 1.807) is 0 Å². The van der Waals surface area contributed by atoms with Gasteiger partial charge in [0.1, 0.15) is 0 Å². The second-order valence-electron chi connectivity index (χ2n) is 4.08. The third-order valence-corrected chi connectivity index (χ3v) is 2.55. The van der Waals surface area contributed by atoms with Gasteiger partial charge in [-0.25, -0.2) is 0 Å². The Balaban J connectivity index is 3.01. The van der Waals surface area contributed by atoms with Crippen LogP contribution in [0.15, 0.2) is 12.2 Å². The van der Waals surface area contributed by atoms with Crippen LogP contribution in [0.1, 0.15) is 71.1 Å². The quantitative estimate of drug-likeness (QED) is 0.366. The number of unbranched alkanes of at least 4 members (excludes halogenated alkanes) is 8.